The summed E-state index contributed by atoms with van der Waals surface area (Å²) >= 11 is 5.18. The summed E-state index contributed by atoms with van der Waals surface area (Å²) in [5.74, 6) is 0.0612. The van der Waals surface area contributed by atoms with E-state index in [9.17, 15) is 4.79 Å². The summed E-state index contributed by atoms with van der Waals surface area (Å²) in [4.78, 5) is 13.8. The molecule has 3 nitrogen and oxygen atoms in total. The van der Waals surface area contributed by atoms with Gasteiger partial charge in [-0.2, -0.15) is 0 Å². The van der Waals surface area contributed by atoms with Crippen LogP contribution in [0.3, 0.4) is 0 Å². The summed E-state index contributed by atoms with van der Waals surface area (Å²) in [5.41, 5.74) is 3.22. The highest BCUT2D eigenvalue weighted by atomic mass is 79.9. The van der Waals surface area contributed by atoms with Crippen LogP contribution in [0, 0.1) is 0 Å². The fourth-order valence-corrected chi connectivity index (χ4v) is 4.52. The molecule has 2 N–H and O–H groups in total. The molecule has 2 heterocycles. The van der Waals surface area contributed by atoms with E-state index in [2.05, 4.69) is 26.6 Å². The minimum Gasteiger partial charge on any atom is -0.353 e. The van der Waals surface area contributed by atoms with Gasteiger partial charge in [0.2, 0.25) is 0 Å². The van der Waals surface area contributed by atoms with Crippen molar-refractivity contribution in [1.82, 2.24) is 5.32 Å². The molecule has 20 heavy (non-hydrogen) atoms. The minimum atomic E-state index is -0.137. The summed E-state index contributed by atoms with van der Waals surface area (Å²) in [7, 11) is 0. The van der Waals surface area contributed by atoms with Crippen LogP contribution in [0.4, 0.5) is 5.00 Å². The molecular formula is C15H13BrN2OS. The van der Waals surface area contributed by atoms with Gasteiger partial charge in [-0.1, -0.05) is 28.1 Å². The molecule has 1 amide bonds. The van der Waals surface area contributed by atoms with E-state index in [0.29, 0.717) is 0 Å². The van der Waals surface area contributed by atoms with Crippen molar-refractivity contribution < 1.29 is 4.79 Å². The lowest BCUT2D eigenvalue weighted by molar-refractivity contribution is 0.0935. The Bertz CT molecular complexity index is 693. The Balaban J connectivity index is 1.71. The third-order valence-corrected chi connectivity index (χ3v) is 5.65. The predicted octanol–water partition coefficient (Wildman–Crippen LogP) is 3.85. The molecule has 1 aromatic carbocycles. The lowest BCUT2D eigenvalue weighted by atomic mass is 10.1. The maximum Gasteiger partial charge on any atom is 0.256 e. The van der Waals surface area contributed by atoms with Crippen molar-refractivity contribution in [2.75, 3.05) is 5.32 Å². The number of thiophene rings is 1. The Morgan fingerprint density at radius 1 is 1.15 bits per heavy atom. The van der Waals surface area contributed by atoms with Gasteiger partial charge in [-0.05, 0) is 42.5 Å². The van der Waals surface area contributed by atoms with Crippen LogP contribution in [-0.4, -0.2) is 5.91 Å². The predicted molar refractivity (Wildman–Crippen MR) is 84.3 cm³/mol. The molecule has 1 aliphatic carbocycles. The van der Waals surface area contributed by atoms with Gasteiger partial charge in [0, 0.05) is 9.35 Å². The Morgan fingerprint density at radius 3 is 2.75 bits per heavy atom. The molecule has 102 valence electrons. The average Bonchev–Trinajstić information content (AvgIpc) is 2.99. The van der Waals surface area contributed by atoms with Gasteiger partial charge in [-0.25, -0.2) is 0 Å². The first-order valence-electron chi connectivity index (χ1n) is 6.70. The Hall–Kier alpha value is -1.33. The number of amides is 1. The molecule has 2 aliphatic rings. The van der Waals surface area contributed by atoms with Gasteiger partial charge in [-0.3, -0.25) is 4.79 Å². The van der Waals surface area contributed by atoms with Crippen LogP contribution < -0.4 is 10.6 Å². The second kappa shape index (κ2) is 4.60. The Kier molecular flexibility index (Phi) is 2.86. The summed E-state index contributed by atoms with van der Waals surface area (Å²) in [5, 5.41) is 7.56. The van der Waals surface area contributed by atoms with E-state index in [0.717, 1.165) is 33.4 Å². The number of carbonyl (C=O) groups excluding carboxylic acids is 1. The van der Waals surface area contributed by atoms with Gasteiger partial charge in [-0.15, -0.1) is 11.3 Å². The summed E-state index contributed by atoms with van der Waals surface area (Å²) in [6.45, 7) is 0. The molecule has 1 aromatic heterocycles. The normalized spacial score (nSPS) is 20.1. The topological polar surface area (TPSA) is 41.1 Å². The average molecular weight is 349 g/mol. The van der Waals surface area contributed by atoms with E-state index in [1.807, 2.05) is 24.3 Å². The highest BCUT2D eigenvalue weighted by Gasteiger charge is 2.32. The summed E-state index contributed by atoms with van der Waals surface area (Å²) < 4.78 is 1.04. The second-order valence-electron chi connectivity index (χ2n) is 5.16. The summed E-state index contributed by atoms with van der Waals surface area (Å²) in [6.07, 6.45) is 3.20. The first-order chi connectivity index (χ1) is 9.72. The van der Waals surface area contributed by atoms with E-state index in [4.69, 9.17) is 0 Å². The zero-order valence-electron chi connectivity index (χ0n) is 10.7. The molecule has 1 aliphatic heterocycles. The molecule has 0 saturated heterocycles. The number of carbonyl (C=O) groups is 1. The number of rotatable bonds is 1. The van der Waals surface area contributed by atoms with Crippen LogP contribution in [0.15, 0.2) is 28.7 Å². The number of hydrogen-bond acceptors (Lipinski definition) is 3. The van der Waals surface area contributed by atoms with E-state index in [1.165, 1.54) is 16.9 Å². The van der Waals surface area contributed by atoms with Crippen molar-refractivity contribution in [3.8, 4) is 0 Å². The highest BCUT2D eigenvalue weighted by molar-refractivity contribution is 9.10. The van der Waals surface area contributed by atoms with E-state index in [-0.39, 0.29) is 12.1 Å². The van der Waals surface area contributed by atoms with Crippen molar-refractivity contribution >= 4 is 38.2 Å². The van der Waals surface area contributed by atoms with Gasteiger partial charge in [0.25, 0.3) is 5.91 Å². The number of nitrogens with one attached hydrogen (secondary N) is 2. The fourth-order valence-electron chi connectivity index (χ4n) is 2.94. The second-order valence-corrected chi connectivity index (χ2v) is 7.18. The third kappa shape index (κ3) is 1.88. The lowest BCUT2D eigenvalue weighted by Gasteiger charge is -2.26. The van der Waals surface area contributed by atoms with Crippen molar-refractivity contribution in [2.24, 2.45) is 0 Å². The smallest absolute Gasteiger partial charge is 0.256 e. The Morgan fingerprint density at radius 2 is 1.95 bits per heavy atom. The third-order valence-electron chi connectivity index (χ3n) is 3.90. The van der Waals surface area contributed by atoms with Crippen molar-refractivity contribution in [3.05, 3.63) is 50.3 Å². The van der Waals surface area contributed by atoms with Crippen molar-refractivity contribution in [2.45, 2.75) is 25.4 Å². The van der Waals surface area contributed by atoms with E-state index in [1.54, 1.807) is 11.3 Å². The maximum absolute atomic E-state index is 12.4. The number of halogens is 1. The largest absolute Gasteiger partial charge is 0.353 e. The first-order valence-corrected chi connectivity index (χ1v) is 8.31. The zero-order valence-corrected chi connectivity index (χ0v) is 13.1. The standard InChI is InChI=1S/C15H13BrN2OS/c16-9-6-4-8(5-7-9)13-17-14(19)12-10-2-1-3-11(10)20-15(12)18-13/h4-7,13,18H,1-3H2,(H,17,19)/t13-/m0/s1. The molecule has 0 unspecified atom stereocenters. The molecule has 0 bridgehead atoms. The number of benzene rings is 1. The molecular weight excluding hydrogens is 336 g/mol. The van der Waals surface area contributed by atoms with Crippen LogP contribution in [-0.2, 0) is 12.8 Å². The fraction of sp³-hybridized carbons (Fsp3) is 0.267. The highest BCUT2D eigenvalue weighted by Crippen LogP contribution is 2.42. The van der Waals surface area contributed by atoms with Gasteiger partial charge >= 0.3 is 0 Å². The number of anilines is 1. The van der Waals surface area contributed by atoms with E-state index >= 15 is 0 Å². The molecule has 0 radical (unpaired) electrons. The van der Waals surface area contributed by atoms with Crippen LogP contribution in [0.2, 0.25) is 0 Å². The monoisotopic (exact) mass is 348 g/mol. The number of aryl methyl sites for hydroxylation is 1. The summed E-state index contributed by atoms with van der Waals surface area (Å²) in [6, 6.07) is 8.03. The quantitative estimate of drug-likeness (QED) is 0.821. The van der Waals surface area contributed by atoms with Crippen LogP contribution >= 0.6 is 27.3 Å². The lowest BCUT2D eigenvalue weighted by Crippen LogP contribution is -2.38. The first kappa shape index (κ1) is 12.4. The zero-order chi connectivity index (χ0) is 13.7. The molecule has 0 saturated carbocycles. The van der Waals surface area contributed by atoms with Crippen LogP contribution in [0.1, 0.15) is 38.9 Å². The molecule has 5 heteroatoms. The molecule has 0 fully saturated rings. The van der Waals surface area contributed by atoms with Crippen LogP contribution in [0.5, 0.6) is 0 Å². The molecule has 2 aromatic rings. The molecule has 0 spiro atoms. The van der Waals surface area contributed by atoms with Gasteiger partial charge in [0.1, 0.15) is 11.2 Å². The van der Waals surface area contributed by atoms with Gasteiger partial charge in [0.15, 0.2) is 0 Å². The maximum atomic E-state index is 12.4. The minimum absolute atomic E-state index is 0.0612. The number of hydrogen-bond donors (Lipinski definition) is 2. The van der Waals surface area contributed by atoms with E-state index < -0.39 is 0 Å². The van der Waals surface area contributed by atoms with Gasteiger partial charge < -0.3 is 10.6 Å². The van der Waals surface area contributed by atoms with Crippen LogP contribution in [0.25, 0.3) is 0 Å². The number of fused-ring (bicyclic) bond motifs is 3. The molecule has 1 atom stereocenters. The SMILES string of the molecule is O=C1N[C@H](c2ccc(Br)cc2)Nc2sc3c(c21)CCC3. The Labute approximate surface area is 129 Å². The van der Waals surface area contributed by atoms with Gasteiger partial charge in [0.05, 0.1) is 5.56 Å². The molecule has 4 rings (SSSR count). The van der Waals surface area contributed by atoms with Crippen molar-refractivity contribution in [3.63, 3.8) is 0 Å². The van der Waals surface area contributed by atoms with Crippen molar-refractivity contribution in [1.29, 1.82) is 0 Å².